The molecular formula is C20H38O5Si. The summed E-state index contributed by atoms with van der Waals surface area (Å²) in [5.41, 5.74) is -1.17. The third-order valence-corrected chi connectivity index (χ3v) is 10.3. The number of aliphatic hydroxyl groups is 1. The van der Waals surface area contributed by atoms with Crippen LogP contribution in [-0.2, 0) is 14.0 Å². The second kappa shape index (κ2) is 8.80. The summed E-state index contributed by atoms with van der Waals surface area (Å²) < 4.78 is 6.54. The summed E-state index contributed by atoms with van der Waals surface area (Å²) in [6.07, 6.45) is -0.293. The van der Waals surface area contributed by atoms with Crippen LogP contribution in [0.5, 0.6) is 0 Å². The molecule has 0 amide bonds. The molecular weight excluding hydrogens is 348 g/mol. The maximum atomic E-state index is 13.1. The lowest BCUT2D eigenvalue weighted by molar-refractivity contribution is -0.146. The lowest BCUT2D eigenvalue weighted by atomic mass is 9.73. The first-order valence-electron chi connectivity index (χ1n) is 9.23. The number of carbonyl (C=O) groups excluding carboxylic acids is 1. The van der Waals surface area contributed by atoms with Gasteiger partial charge in [0.2, 0.25) is 0 Å². The van der Waals surface area contributed by atoms with E-state index in [2.05, 4.69) is 40.4 Å². The Morgan fingerprint density at radius 3 is 1.96 bits per heavy atom. The van der Waals surface area contributed by atoms with E-state index in [0.717, 1.165) is 0 Å². The maximum Gasteiger partial charge on any atom is 0.306 e. The first-order chi connectivity index (χ1) is 11.5. The number of hydrogen-bond acceptors (Lipinski definition) is 4. The molecule has 0 aromatic rings. The van der Waals surface area contributed by atoms with Gasteiger partial charge in [0.15, 0.2) is 8.32 Å². The smallest absolute Gasteiger partial charge is 0.306 e. The molecule has 2 N–H and O–H groups in total. The summed E-state index contributed by atoms with van der Waals surface area (Å²) in [6, 6.07) is 0. The van der Waals surface area contributed by atoms with Crippen LogP contribution in [0.4, 0.5) is 0 Å². The Hall–Kier alpha value is -0.983. The van der Waals surface area contributed by atoms with Crippen LogP contribution < -0.4 is 0 Å². The third kappa shape index (κ3) is 6.03. The number of hydrogen-bond donors (Lipinski definition) is 2. The Balaban J connectivity index is 5.68. The van der Waals surface area contributed by atoms with Crippen LogP contribution in [0.15, 0.2) is 12.7 Å². The average molecular weight is 387 g/mol. The molecule has 0 aromatic carbocycles. The minimum Gasteiger partial charge on any atom is -0.481 e. The summed E-state index contributed by atoms with van der Waals surface area (Å²) in [7, 11) is -2.12. The lowest BCUT2D eigenvalue weighted by Crippen LogP contribution is -2.51. The van der Waals surface area contributed by atoms with Crippen molar-refractivity contribution in [2.75, 3.05) is 0 Å². The Morgan fingerprint density at radius 1 is 1.15 bits per heavy atom. The topological polar surface area (TPSA) is 83.8 Å². The summed E-state index contributed by atoms with van der Waals surface area (Å²) in [6.45, 7) is 21.5. The Bertz CT molecular complexity index is 519. The molecule has 0 rings (SSSR count). The molecule has 6 heteroatoms. The number of carboxylic acids is 1. The van der Waals surface area contributed by atoms with Crippen molar-refractivity contribution in [2.24, 2.45) is 17.3 Å². The second-order valence-electron chi connectivity index (χ2n) is 9.43. The molecule has 0 aliphatic heterocycles. The van der Waals surface area contributed by atoms with Crippen molar-refractivity contribution in [3.8, 4) is 0 Å². The van der Waals surface area contributed by atoms with E-state index in [1.54, 1.807) is 26.8 Å². The molecule has 0 bridgehead atoms. The van der Waals surface area contributed by atoms with Crippen molar-refractivity contribution in [3.63, 3.8) is 0 Å². The van der Waals surface area contributed by atoms with Crippen LogP contribution in [0.3, 0.4) is 0 Å². The maximum absolute atomic E-state index is 13.1. The van der Waals surface area contributed by atoms with Gasteiger partial charge in [-0.15, -0.1) is 6.58 Å². The Labute approximate surface area is 160 Å². The highest BCUT2D eigenvalue weighted by Crippen LogP contribution is 2.40. The molecule has 0 radical (unpaired) electrons. The first kappa shape index (κ1) is 25.0. The number of Topliss-reactive ketones (excluding diaryl/α,β-unsaturated/α-hetero) is 1. The van der Waals surface area contributed by atoms with E-state index in [0.29, 0.717) is 0 Å². The van der Waals surface area contributed by atoms with E-state index < -0.39 is 38.1 Å². The van der Waals surface area contributed by atoms with E-state index in [4.69, 9.17) is 9.53 Å². The number of carboxylic acid groups (broad SMARTS) is 1. The van der Waals surface area contributed by atoms with E-state index in [1.807, 2.05) is 6.92 Å². The highest BCUT2D eigenvalue weighted by molar-refractivity contribution is 6.74. The van der Waals surface area contributed by atoms with E-state index >= 15 is 0 Å². The zero-order chi connectivity index (χ0) is 21.1. The van der Waals surface area contributed by atoms with Gasteiger partial charge in [0.1, 0.15) is 5.78 Å². The zero-order valence-electron chi connectivity index (χ0n) is 17.9. The molecule has 0 fully saturated rings. The SMILES string of the molecule is C=CC(C)C(O[Si](C)(C)C(C)(C)C)C(C)C(=O)C(C)(C)C(O)CC(=O)O. The predicted octanol–water partition coefficient (Wildman–Crippen LogP) is 4.27. The number of rotatable bonds is 10. The number of aliphatic carboxylic acids is 1. The Morgan fingerprint density at radius 2 is 1.62 bits per heavy atom. The van der Waals surface area contributed by atoms with Gasteiger partial charge in [0.25, 0.3) is 0 Å². The van der Waals surface area contributed by atoms with Gasteiger partial charge < -0.3 is 14.6 Å². The molecule has 0 aliphatic rings. The summed E-state index contributed by atoms with van der Waals surface area (Å²) >= 11 is 0. The molecule has 152 valence electrons. The second-order valence-corrected chi connectivity index (χ2v) is 14.2. The molecule has 4 unspecified atom stereocenters. The van der Waals surface area contributed by atoms with Crippen LogP contribution in [0.1, 0.15) is 54.9 Å². The standard InChI is InChI=1S/C20H38O5Si/c1-11-13(2)17(25-26(9,10)19(4,5)6)14(3)18(24)20(7,8)15(21)12-16(22)23/h11,13-15,17,21H,1,12H2,2-10H3,(H,22,23). The van der Waals surface area contributed by atoms with Crippen molar-refractivity contribution in [1.29, 1.82) is 0 Å². The van der Waals surface area contributed by atoms with Crippen molar-refractivity contribution in [2.45, 2.75) is 85.2 Å². The van der Waals surface area contributed by atoms with Crippen molar-refractivity contribution >= 4 is 20.1 Å². The fourth-order valence-corrected chi connectivity index (χ4v) is 4.09. The van der Waals surface area contributed by atoms with Crippen LogP contribution in [-0.4, -0.2) is 42.5 Å². The first-order valence-corrected chi connectivity index (χ1v) is 12.1. The predicted molar refractivity (Wildman–Crippen MR) is 108 cm³/mol. The monoisotopic (exact) mass is 386 g/mol. The molecule has 4 atom stereocenters. The van der Waals surface area contributed by atoms with E-state index in [1.165, 1.54) is 0 Å². The van der Waals surface area contributed by atoms with Crippen LogP contribution >= 0.6 is 0 Å². The van der Waals surface area contributed by atoms with Gasteiger partial charge in [-0.25, -0.2) is 0 Å². The van der Waals surface area contributed by atoms with Gasteiger partial charge in [-0.2, -0.15) is 0 Å². The third-order valence-electron chi connectivity index (χ3n) is 5.87. The normalized spacial score (nSPS) is 17.9. The molecule has 0 heterocycles. The molecule has 5 nitrogen and oxygen atoms in total. The molecule has 0 spiro atoms. The molecule has 0 saturated heterocycles. The van der Waals surface area contributed by atoms with Crippen molar-refractivity contribution in [1.82, 2.24) is 0 Å². The molecule has 0 aromatic heterocycles. The zero-order valence-corrected chi connectivity index (χ0v) is 18.9. The highest BCUT2D eigenvalue weighted by Gasteiger charge is 2.46. The van der Waals surface area contributed by atoms with Crippen molar-refractivity contribution in [3.05, 3.63) is 12.7 Å². The van der Waals surface area contributed by atoms with Crippen LogP contribution in [0, 0.1) is 17.3 Å². The molecule has 0 saturated carbocycles. The fraction of sp³-hybridized carbons (Fsp3) is 0.800. The van der Waals surface area contributed by atoms with Gasteiger partial charge in [-0.1, -0.05) is 54.5 Å². The number of aliphatic hydroxyl groups excluding tert-OH is 1. The van der Waals surface area contributed by atoms with Gasteiger partial charge >= 0.3 is 5.97 Å². The minimum atomic E-state index is -2.12. The lowest BCUT2D eigenvalue weighted by Gasteiger charge is -2.43. The summed E-state index contributed by atoms with van der Waals surface area (Å²) in [5, 5.41) is 19.2. The molecule has 26 heavy (non-hydrogen) atoms. The summed E-state index contributed by atoms with van der Waals surface area (Å²) in [4.78, 5) is 24.1. The minimum absolute atomic E-state index is 0.00670. The van der Waals surface area contributed by atoms with Gasteiger partial charge in [0.05, 0.1) is 24.0 Å². The number of carbonyl (C=O) groups is 2. The fourth-order valence-electron chi connectivity index (χ4n) is 2.64. The Kier molecular flexibility index (Phi) is 8.47. The van der Waals surface area contributed by atoms with Gasteiger partial charge in [0, 0.05) is 5.92 Å². The molecule has 0 aliphatic carbocycles. The summed E-state index contributed by atoms with van der Waals surface area (Å²) in [5.74, 6) is -1.85. The van der Waals surface area contributed by atoms with E-state index in [9.17, 15) is 14.7 Å². The largest absolute Gasteiger partial charge is 0.481 e. The number of ketones is 1. The van der Waals surface area contributed by atoms with Crippen molar-refractivity contribution < 1.29 is 24.2 Å². The highest BCUT2D eigenvalue weighted by atomic mass is 28.4. The van der Waals surface area contributed by atoms with Gasteiger partial charge in [-0.3, -0.25) is 9.59 Å². The average Bonchev–Trinajstić information content (AvgIpc) is 2.48. The van der Waals surface area contributed by atoms with Crippen LogP contribution in [0.25, 0.3) is 0 Å². The quantitative estimate of drug-likeness (QED) is 0.433. The van der Waals surface area contributed by atoms with Crippen LogP contribution in [0.2, 0.25) is 18.1 Å². The van der Waals surface area contributed by atoms with Gasteiger partial charge in [-0.05, 0) is 24.1 Å². The van der Waals surface area contributed by atoms with E-state index in [-0.39, 0.29) is 22.8 Å².